The van der Waals surface area contributed by atoms with Crippen LogP contribution in [0.15, 0.2) is 18.3 Å². The van der Waals surface area contributed by atoms with Crippen LogP contribution in [0.25, 0.3) is 0 Å². The van der Waals surface area contributed by atoms with Gasteiger partial charge in [0.05, 0.1) is 5.69 Å². The fourth-order valence-electron chi connectivity index (χ4n) is 1.91. The number of nitrogens with zero attached hydrogens (tertiary/aromatic N) is 2. The first-order valence-electron chi connectivity index (χ1n) is 5.74. The molecule has 0 radical (unpaired) electrons. The molecular weight excluding hydrogens is 186 g/mol. The van der Waals surface area contributed by atoms with E-state index in [1.54, 1.807) is 6.20 Å². The summed E-state index contributed by atoms with van der Waals surface area (Å²) in [5.41, 5.74) is 7.65. The van der Waals surface area contributed by atoms with E-state index in [4.69, 9.17) is 5.73 Å². The smallest absolute Gasteiger partial charge is 0.0564 e. The average Bonchev–Trinajstić information content (AvgIpc) is 3.00. The predicted octanol–water partition coefficient (Wildman–Crippen LogP) is 2.04. The second-order valence-corrected chi connectivity index (χ2v) is 4.28. The third-order valence-electron chi connectivity index (χ3n) is 2.78. The van der Waals surface area contributed by atoms with Gasteiger partial charge in [-0.05, 0) is 37.9 Å². The maximum absolute atomic E-state index is 5.74. The van der Waals surface area contributed by atoms with Crippen molar-refractivity contribution in [3.63, 3.8) is 0 Å². The van der Waals surface area contributed by atoms with Crippen LogP contribution in [0.4, 0.5) is 5.69 Å². The maximum Gasteiger partial charge on any atom is 0.0564 e. The molecule has 1 aromatic rings. The van der Waals surface area contributed by atoms with Crippen molar-refractivity contribution in [2.24, 2.45) is 0 Å². The fraction of sp³-hybridized carbons (Fsp3) is 0.583. The van der Waals surface area contributed by atoms with Gasteiger partial charge in [-0.1, -0.05) is 6.92 Å². The molecule has 1 aliphatic carbocycles. The number of rotatable bonds is 5. The Labute approximate surface area is 91.3 Å². The zero-order valence-electron chi connectivity index (χ0n) is 9.32. The zero-order chi connectivity index (χ0) is 10.7. The molecule has 0 unspecified atom stereocenters. The molecule has 1 fully saturated rings. The van der Waals surface area contributed by atoms with Gasteiger partial charge in [-0.3, -0.25) is 9.88 Å². The van der Waals surface area contributed by atoms with Crippen LogP contribution < -0.4 is 5.73 Å². The molecule has 1 saturated carbocycles. The first-order chi connectivity index (χ1) is 7.29. The Morgan fingerprint density at radius 1 is 1.53 bits per heavy atom. The van der Waals surface area contributed by atoms with Crippen molar-refractivity contribution in [2.45, 2.75) is 38.8 Å². The SMILES string of the molecule is CCCN(Cc1cc(N)ccn1)C1CC1. The minimum atomic E-state index is 0.799. The highest BCUT2D eigenvalue weighted by atomic mass is 15.2. The Morgan fingerprint density at radius 3 is 2.93 bits per heavy atom. The Kier molecular flexibility index (Phi) is 3.21. The number of anilines is 1. The number of nitrogens with two attached hydrogens (primary N) is 1. The van der Waals surface area contributed by atoms with Crippen molar-refractivity contribution in [2.75, 3.05) is 12.3 Å². The molecule has 15 heavy (non-hydrogen) atoms. The van der Waals surface area contributed by atoms with E-state index in [0.29, 0.717) is 0 Å². The zero-order valence-corrected chi connectivity index (χ0v) is 9.32. The van der Waals surface area contributed by atoms with Gasteiger partial charge in [-0.2, -0.15) is 0 Å². The van der Waals surface area contributed by atoms with Crippen molar-refractivity contribution in [3.05, 3.63) is 24.0 Å². The molecule has 0 spiro atoms. The highest BCUT2D eigenvalue weighted by Crippen LogP contribution is 2.28. The molecule has 2 rings (SSSR count). The Hall–Kier alpha value is -1.09. The number of nitrogen functional groups attached to an aromatic ring is 1. The van der Waals surface area contributed by atoms with Crippen molar-refractivity contribution in [1.82, 2.24) is 9.88 Å². The summed E-state index contributed by atoms with van der Waals surface area (Å²) >= 11 is 0. The van der Waals surface area contributed by atoms with E-state index in [0.717, 1.165) is 24.0 Å². The Morgan fingerprint density at radius 2 is 2.33 bits per heavy atom. The van der Waals surface area contributed by atoms with Gasteiger partial charge in [0.25, 0.3) is 0 Å². The highest BCUT2D eigenvalue weighted by molar-refractivity contribution is 5.37. The van der Waals surface area contributed by atoms with E-state index in [1.807, 2.05) is 12.1 Å². The summed E-state index contributed by atoms with van der Waals surface area (Å²) in [5.74, 6) is 0. The van der Waals surface area contributed by atoms with E-state index in [1.165, 1.54) is 25.8 Å². The Balaban J connectivity index is 1.98. The molecule has 1 heterocycles. The van der Waals surface area contributed by atoms with E-state index in [2.05, 4.69) is 16.8 Å². The molecule has 3 heteroatoms. The highest BCUT2D eigenvalue weighted by Gasteiger charge is 2.28. The number of aromatic nitrogens is 1. The first kappa shape index (κ1) is 10.4. The monoisotopic (exact) mass is 205 g/mol. The largest absolute Gasteiger partial charge is 0.399 e. The first-order valence-corrected chi connectivity index (χ1v) is 5.74. The molecule has 0 atom stereocenters. The quantitative estimate of drug-likeness (QED) is 0.799. The molecule has 0 aliphatic heterocycles. The van der Waals surface area contributed by atoms with Crippen LogP contribution in [0.1, 0.15) is 31.9 Å². The minimum absolute atomic E-state index is 0.799. The van der Waals surface area contributed by atoms with Gasteiger partial charge in [-0.25, -0.2) is 0 Å². The summed E-state index contributed by atoms with van der Waals surface area (Å²) in [6, 6.07) is 4.61. The number of pyridine rings is 1. The third kappa shape index (κ3) is 2.93. The Bertz CT molecular complexity index is 320. The number of hydrogen-bond acceptors (Lipinski definition) is 3. The average molecular weight is 205 g/mol. The second kappa shape index (κ2) is 4.62. The number of hydrogen-bond donors (Lipinski definition) is 1. The molecule has 2 N–H and O–H groups in total. The normalized spacial score (nSPS) is 15.9. The molecule has 0 amide bonds. The van der Waals surface area contributed by atoms with Crippen LogP contribution in [-0.2, 0) is 6.54 Å². The maximum atomic E-state index is 5.74. The fourth-order valence-corrected chi connectivity index (χ4v) is 1.91. The summed E-state index contributed by atoms with van der Waals surface area (Å²) in [7, 11) is 0. The molecule has 3 nitrogen and oxygen atoms in total. The van der Waals surface area contributed by atoms with Crippen LogP contribution in [0.3, 0.4) is 0 Å². The van der Waals surface area contributed by atoms with Crippen LogP contribution in [0.2, 0.25) is 0 Å². The van der Waals surface area contributed by atoms with E-state index >= 15 is 0 Å². The van der Waals surface area contributed by atoms with Crippen LogP contribution >= 0.6 is 0 Å². The molecular formula is C12H19N3. The standard InChI is InChI=1S/C12H19N3/c1-2-7-15(12-3-4-12)9-11-8-10(13)5-6-14-11/h5-6,8,12H,2-4,7,9H2,1H3,(H2,13,14). The lowest BCUT2D eigenvalue weighted by atomic mass is 10.3. The van der Waals surface area contributed by atoms with E-state index in [-0.39, 0.29) is 0 Å². The molecule has 0 saturated heterocycles. The van der Waals surface area contributed by atoms with E-state index in [9.17, 15) is 0 Å². The van der Waals surface area contributed by atoms with Crippen molar-refractivity contribution in [1.29, 1.82) is 0 Å². The molecule has 0 bridgehead atoms. The summed E-state index contributed by atoms with van der Waals surface area (Å²) in [4.78, 5) is 6.87. The summed E-state index contributed by atoms with van der Waals surface area (Å²) in [6.45, 7) is 4.34. The van der Waals surface area contributed by atoms with Gasteiger partial charge in [0.2, 0.25) is 0 Å². The lowest BCUT2D eigenvalue weighted by molar-refractivity contribution is 0.252. The molecule has 1 aliphatic rings. The van der Waals surface area contributed by atoms with Crippen LogP contribution in [0.5, 0.6) is 0 Å². The molecule has 1 aromatic heterocycles. The van der Waals surface area contributed by atoms with Gasteiger partial charge >= 0.3 is 0 Å². The van der Waals surface area contributed by atoms with Gasteiger partial charge in [0.15, 0.2) is 0 Å². The molecule has 82 valence electrons. The molecule has 0 aromatic carbocycles. The van der Waals surface area contributed by atoms with E-state index < -0.39 is 0 Å². The minimum Gasteiger partial charge on any atom is -0.399 e. The van der Waals surface area contributed by atoms with Crippen molar-refractivity contribution >= 4 is 5.69 Å². The van der Waals surface area contributed by atoms with Crippen molar-refractivity contribution in [3.8, 4) is 0 Å². The third-order valence-corrected chi connectivity index (χ3v) is 2.78. The predicted molar refractivity (Wildman–Crippen MR) is 62.4 cm³/mol. The topological polar surface area (TPSA) is 42.1 Å². The van der Waals surface area contributed by atoms with Gasteiger partial charge < -0.3 is 5.73 Å². The van der Waals surface area contributed by atoms with Gasteiger partial charge in [0.1, 0.15) is 0 Å². The summed E-state index contributed by atoms with van der Waals surface area (Å²) < 4.78 is 0. The van der Waals surface area contributed by atoms with Gasteiger partial charge in [-0.15, -0.1) is 0 Å². The second-order valence-electron chi connectivity index (χ2n) is 4.28. The van der Waals surface area contributed by atoms with Gasteiger partial charge in [0, 0.05) is 24.5 Å². The van der Waals surface area contributed by atoms with Crippen LogP contribution in [0, 0.1) is 0 Å². The lowest BCUT2D eigenvalue weighted by Gasteiger charge is -2.20. The summed E-state index contributed by atoms with van der Waals surface area (Å²) in [6.07, 6.45) is 5.70. The van der Waals surface area contributed by atoms with Crippen LogP contribution in [-0.4, -0.2) is 22.5 Å². The summed E-state index contributed by atoms with van der Waals surface area (Å²) in [5, 5.41) is 0. The lowest BCUT2D eigenvalue weighted by Crippen LogP contribution is -2.26. The van der Waals surface area contributed by atoms with Crippen molar-refractivity contribution < 1.29 is 0 Å².